The molecular weight excluding hydrogens is 436 g/mol. The van der Waals surface area contributed by atoms with Gasteiger partial charge in [0.05, 0.1) is 5.69 Å². The molecule has 1 aliphatic heterocycles. The van der Waals surface area contributed by atoms with Gasteiger partial charge in [-0.15, -0.1) is 10.2 Å². The Morgan fingerprint density at radius 3 is 2.31 bits per heavy atom. The van der Waals surface area contributed by atoms with E-state index < -0.39 is 6.10 Å². The predicted octanol–water partition coefficient (Wildman–Crippen LogP) is 6.15. The van der Waals surface area contributed by atoms with Gasteiger partial charge in [0.2, 0.25) is 0 Å². The smallest absolute Gasteiger partial charge is 0.265 e. The normalized spacial score (nSPS) is 14.9. The molecule has 1 amide bonds. The number of anilines is 2. The van der Waals surface area contributed by atoms with Crippen molar-refractivity contribution >= 4 is 17.4 Å². The van der Waals surface area contributed by atoms with Crippen molar-refractivity contribution in [2.45, 2.75) is 65.4 Å². The first kappa shape index (κ1) is 24.7. The summed E-state index contributed by atoms with van der Waals surface area (Å²) in [5.41, 5.74) is 4.67. The number of piperidine rings is 1. The predicted molar refractivity (Wildman–Crippen MR) is 142 cm³/mol. The summed E-state index contributed by atoms with van der Waals surface area (Å²) >= 11 is 0. The van der Waals surface area contributed by atoms with Crippen molar-refractivity contribution in [1.29, 1.82) is 0 Å². The molecular formula is C29H36N4O2. The minimum Gasteiger partial charge on any atom is -0.481 e. The van der Waals surface area contributed by atoms with Crippen LogP contribution in [0, 0.1) is 6.92 Å². The fraction of sp³-hybridized carbons (Fsp3) is 0.414. The lowest BCUT2D eigenvalue weighted by Crippen LogP contribution is -2.31. The van der Waals surface area contributed by atoms with E-state index in [0.29, 0.717) is 5.69 Å². The number of nitrogens with zero attached hydrogens (tertiary/aromatic N) is 3. The summed E-state index contributed by atoms with van der Waals surface area (Å²) < 4.78 is 6.08. The van der Waals surface area contributed by atoms with Crippen molar-refractivity contribution in [3.63, 3.8) is 0 Å². The van der Waals surface area contributed by atoms with Crippen molar-refractivity contribution < 1.29 is 9.53 Å². The van der Waals surface area contributed by atoms with E-state index in [1.54, 1.807) is 6.92 Å². The first-order valence-corrected chi connectivity index (χ1v) is 12.5. The molecule has 2 heterocycles. The number of hydrogen-bond acceptors (Lipinski definition) is 5. The highest BCUT2D eigenvalue weighted by molar-refractivity contribution is 5.94. The van der Waals surface area contributed by atoms with Gasteiger partial charge in [-0.25, -0.2) is 0 Å². The molecule has 2 aromatic carbocycles. The zero-order valence-corrected chi connectivity index (χ0v) is 21.5. The second kappa shape index (κ2) is 10.5. The summed E-state index contributed by atoms with van der Waals surface area (Å²) in [6.07, 6.45) is 3.08. The summed E-state index contributed by atoms with van der Waals surface area (Å²) in [4.78, 5) is 15.1. The van der Waals surface area contributed by atoms with Crippen LogP contribution < -0.4 is 15.0 Å². The van der Waals surface area contributed by atoms with Gasteiger partial charge in [0.15, 0.2) is 11.9 Å². The summed E-state index contributed by atoms with van der Waals surface area (Å²) in [7, 11) is 0. The highest BCUT2D eigenvalue weighted by Gasteiger charge is 2.23. The highest BCUT2D eigenvalue weighted by atomic mass is 16.5. The largest absolute Gasteiger partial charge is 0.481 e. The Hall–Kier alpha value is -3.41. The summed E-state index contributed by atoms with van der Waals surface area (Å²) in [5, 5.41) is 11.8. The quantitative estimate of drug-likeness (QED) is 0.466. The Morgan fingerprint density at radius 2 is 1.69 bits per heavy atom. The minimum absolute atomic E-state index is 0.0811. The summed E-state index contributed by atoms with van der Waals surface area (Å²) in [6, 6.07) is 17.8. The van der Waals surface area contributed by atoms with Crippen LogP contribution in [0.2, 0.25) is 0 Å². The van der Waals surface area contributed by atoms with Gasteiger partial charge in [0.25, 0.3) is 5.91 Å². The van der Waals surface area contributed by atoms with Gasteiger partial charge in [0, 0.05) is 24.3 Å². The number of carbonyl (C=O) groups excluding carboxylic acids is 1. The Balaban J connectivity index is 1.38. The van der Waals surface area contributed by atoms with Gasteiger partial charge in [0.1, 0.15) is 5.75 Å². The molecule has 1 N–H and O–H groups in total. The fourth-order valence-corrected chi connectivity index (χ4v) is 4.32. The third-order valence-corrected chi connectivity index (χ3v) is 6.39. The number of ether oxygens (including phenoxy) is 1. The number of benzene rings is 2. The van der Waals surface area contributed by atoms with E-state index in [1.807, 2.05) is 48.5 Å². The van der Waals surface area contributed by atoms with Crippen LogP contribution in [0.4, 0.5) is 11.5 Å². The Kier molecular flexibility index (Phi) is 7.39. The van der Waals surface area contributed by atoms with E-state index in [9.17, 15) is 4.79 Å². The van der Waals surface area contributed by atoms with Crippen molar-refractivity contribution in [3.8, 4) is 17.0 Å². The van der Waals surface area contributed by atoms with Gasteiger partial charge in [-0.05, 0) is 74.4 Å². The molecule has 6 heteroatoms. The molecule has 1 aromatic heterocycles. The van der Waals surface area contributed by atoms with Gasteiger partial charge in [-0.2, -0.15) is 0 Å². The zero-order valence-electron chi connectivity index (χ0n) is 21.5. The molecule has 6 nitrogen and oxygen atoms in total. The van der Waals surface area contributed by atoms with E-state index in [1.165, 1.54) is 24.8 Å². The van der Waals surface area contributed by atoms with E-state index >= 15 is 0 Å². The molecule has 0 bridgehead atoms. The molecule has 1 fully saturated rings. The second-order valence-electron chi connectivity index (χ2n) is 10.4. The van der Waals surface area contributed by atoms with Crippen LogP contribution in [0.15, 0.2) is 54.6 Å². The maximum atomic E-state index is 12.8. The van der Waals surface area contributed by atoms with Crippen LogP contribution in [-0.4, -0.2) is 35.3 Å². The topological polar surface area (TPSA) is 67.3 Å². The molecule has 0 saturated carbocycles. The highest BCUT2D eigenvalue weighted by Crippen LogP contribution is 2.33. The van der Waals surface area contributed by atoms with Crippen molar-refractivity contribution in [3.05, 3.63) is 65.7 Å². The number of aromatic nitrogens is 2. The molecule has 3 aromatic rings. The third kappa shape index (κ3) is 6.18. The molecule has 0 aliphatic carbocycles. The number of carbonyl (C=O) groups is 1. The van der Waals surface area contributed by atoms with Crippen LogP contribution in [0.25, 0.3) is 11.3 Å². The summed E-state index contributed by atoms with van der Waals surface area (Å²) in [5.74, 6) is 1.49. The van der Waals surface area contributed by atoms with E-state index in [4.69, 9.17) is 4.74 Å². The van der Waals surface area contributed by atoms with E-state index in [0.717, 1.165) is 41.5 Å². The van der Waals surface area contributed by atoms with Gasteiger partial charge in [-0.1, -0.05) is 50.6 Å². The Labute approximate surface area is 208 Å². The monoisotopic (exact) mass is 472 g/mol. The lowest BCUT2D eigenvalue weighted by Gasteiger charge is -2.27. The Morgan fingerprint density at radius 1 is 0.971 bits per heavy atom. The molecule has 1 aliphatic rings. The minimum atomic E-state index is -0.633. The average Bonchev–Trinajstić information content (AvgIpc) is 2.85. The Bertz CT molecular complexity index is 1140. The SMILES string of the molecule is Cc1ccc(OC(C)C(=O)Nc2ccc(-c3ccc(N4CCCCC4)nn3)cc2)c(C(C)(C)C)c1. The first-order chi connectivity index (χ1) is 16.7. The maximum Gasteiger partial charge on any atom is 0.265 e. The first-order valence-electron chi connectivity index (χ1n) is 12.5. The molecule has 0 radical (unpaired) electrons. The van der Waals surface area contributed by atoms with Crippen molar-refractivity contribution in [2.24, 2.45) is 0 Å². The number of hydrogen-bond donors (Lipinski definition) is 1. The van der Waals surface area contributed by atoms with Crippen molar-refractivity contribution in [1.82, 2.24) is 10.2 Å². The molecule has 0 spiro atoms. The van der Waals surface area contributed by atoms with Gasteiger partial charge in [-0.3, -0.25) is 4.79 Å². The molecule has 1 saturated heterocycles. The van der Waals surface area contributed by atoms with Gasteiger partial charge < -0.3 is 15.0 Å². The number of nitrogens with one attached hydrogen (secondary N) is 1. The van der Waals surface area contributed by atoms with Crippen LogP contribution in [0.5, 0.6) is 5.75 Å². The number of rotatable bonds is 6. The molecule has 1 atom stereocenters. The van der Waals surface area contributed by atoms with Crippen molar-refractivity contribution in [2.75, 3.05) is 23.3 Å². The van der Waals surface area contributed by atoms with E-state index in [2.05, 4.69) is 54.2 Å². The summed E-state index contributed by atoms with van der Waals surface area (Å²) in [6.45, 7) is 12.4. The van der Waals surface area contributed by atoms with E-state index in [-0.39, 0.29) is 11.3 Å². The lowest BCUT2D eigenvalue weighted by molar-refractivity contribution is -0.122. The van der Waals surface area contributed by atoms with Crippen LogP contribution in [0.1, 0.15) is 58.1 Å². The van der Waals surface area contributed by atoms with Crippen LogP contribution in [-0.2, 0) is 10.2 Å². The molecule has 35 heavy (non-hydrogen) atoms. The fourth-order valence-electron chi connectivity index (χ4n) is 4.32. The van der Waals surface area contributed by atoms with Gasteiger partial charge >= 0.3 is 0 Å². The van der Waals surface area contributed by atoms with Crippen LogP contribution >= 0.6 is 0 Å². The molecule has 4 rings (SSSR count). The molecule has 184 valence electrons. The second-order valence-corrected chi connectivity index (χ2v) is 10.4. The average molecular weight is 473 g/mol. The van der Waals surface area contributed by atoms with Crippen LogP contribution in [0.3, 0.4) is 0 Å². The standard InChI is InChI=1S/C29H36N4O2/c1-20-9-15-26(24(19-20)29(3,4)5)35-21(2)28(34)30-23-12-10-22(11-13-23)25-14-16-27(32-31-25)33-17-7-6-8-18-33/h9-16,19,21H,6-8,17-18H2,1-5H3,(H,30,34). The lowest BCUT2D eigenvalue weighted by atomic mass is 9.85. The molecule has 1 unspecified atom stereocenters. The number of amides is 1. The third-order valence-electron chi connectivity index (χ3n) is 6.39. The number of aryl methyl sites for hydroxylation is 1. The maximum absolute atomic E-state index is 12.8. The zero-order chi connectivity index (χ0) is 25.0.